The number of aryl methyl sites for hydroxylation is 2. The Kier molecular flexibility index (Phi) is 1.70. The van der Waals surface area contributed by atoms with Gasteiger partial charge in [-0.15, -0.1) is 11.3 Å². The minimum atomic E-state index is 0.546. The fourth-order valence-electron chi connectivity index (χ4n) is 2.04. The van der Waals surface area contributed by atoms with Crippen LogP contribution in [0.4, 0.5) is 0 Å². The Bertz CT molecular complexity index is 497. The van der Waals surface area contributed by atoms with Gasteiger partial charge in [0.15, 0.2) is 11.2 Å². The van der Waals surface area contributed by atoms with Gasteiger partial charge in [-0.05, 0) is 25.7 Å². The highest BCUT2D eigenvalue weighted by atomic mass is 32.1. The van der Waals surface area contributed by atoms with E-state index in [2.05, 4.69) is 9.38 Å². The highest BCUT2D eigenvalue weighted by Crippen LogP contribution is 2.29. The third-order valence-electron chi connectivity index (χ3n) is 2.71. The van der Waals surface area contributed by atoms with E-state index in [1.807, 2.05) is 6.20 Å². The van der Waals surface area contributed by atoms with Gasteiger partial charge in [0.25, 0.3) is 0 Å². The van der Waals surface area contributed by atoms with E-state index in [0.717, 1.165) is 17.7 Å². The average molecular weight is 206 g/mol. The number of aldehydes is 1. The standard InChI is InChI=1S/C10H10N2OS/c13-6-7-5-12-8-3-1-2-4-9(8)14-10(12)11-7/h5-6H,1-4H2. The van der Waals surface area contributed by atoms with E-state index in [1.54, 1.807) is 11.3 Å². The van der Waals surface area contributed by atoms with E-state index in [9.17, 15) is 4.79 Å². The second-order valence-corrected chi connectivity index (χ2v) is 4.68. The maximum absolute atomic E-state index is 10.6. The van der Waals surface area contributed by atoms with Crippen molar-refractivity contribution in [2.75, 3.05) is 0 Å². The second kappa shape index (κ2) is 2.92. The van der Waals surface area contributed by atoms with Crippen LogP contribution >= 0.6 is 11.3 Å². The van der Waals surface area contributed by atoms with Gasteiger partial charge in [0, 0.05) is 16.8 Å². The van der Waals surface area contributed by atoms with Gasteiger partial charge in [0.05, 0.1) is 0 Å². The Labute approximate surface area is 85.4 Å². The zero-order valence-corrected chi connectivity index (χ0v) is 8.51. The number of rotatable bonds is 1. The largest absolute Gasteiger partial charge is 0.296 e. The lowest BCUT2D eigenvalue weighted by atomic mass is 10.0. The van der Waals surface area contributed by atoms with Gasteiger partial charge in [-0.25, -0.2) is 4.98 Å². The van der Waals surface area contributed by atoms with Gasteiger partial charge < -0.3 is 0 Å². The normalized spacial score (nSPS) is 15.7. The lowest BCUT2D eigenvalue weighted by molar-refractivity contribution is 0.111. The summed E-state index contributed by atoms with van der Waals surface area (Å²) in [5.41, 5.74) is 1.92. The molecule has 0 spiro atoms. The first-order valence-corrected chi connectivity index (χ1v) is 5.65. The molecule has 0 N–H and O–H groups in total. The maximum Gasteiger partial charge on any atom is 0.194 e. The Morgan fingerprint density at radius 3 is 3.14 bits per heavy atom. The van der Waals surface area contributed by atoms with Gasteiger partial charge in [-0.3, -0.25) is 9.20 Å². The number of carbonyl (C=O) groups is 1. The molecule has 0 aromatic carbocycles. The molecule has 2 heterocycles. The van der Waals surface area contributed by atoms with Crippen LogP contribution in [0, 0.1) is 0 Å². The third kappa shape index (κ3) is 1.04. The molecule has 0 radical (unpaired) electrons. The summed E-state index contributed by atoms with van der Waals surface area (Å²) in [5, 5.41) is 0. The van der Waals surface area contributed by atoms with Crippen molar-refractivity contribution in [1.82, 2.24) is 9.38 Å². The number of imidazole rings is 1. The van der Waals surface area contributed by atoms with Crippen molar-refractivity contribution < 1.29 is 4.79 Å². The van der Waals surface area contributed by atoms with Crippen LogP contribution in [-0.4, -0.2) is 15.7 Å². The first-order chi connectivity index (χ1) is 6.88. The van der Waals surface area contributed by atoms with Crippen LogP contribution in [0.3, 0.4) is 0 Å². The first-order valence-electron chi connectivity index (χ1n) is 4.83. The number of hydrogen-bond donors (Lipinski definition) is 0. The minimum absolute atomic E-state index is 0.546. The van der Waals surface area contributed by atoms with Crippen LogP contribution in [0.1, 0.15) is 33.9 Å². The molecule has 2 aromatic heterocycles. The van der Waals surface area contributed by atoms with Gasteiger partial charge in [-0.1, -0.05) is 0 Å². The molecule has 0 amide bonds. The lowest BCUT2D eigenvalue weighted by Crippen LogP contribution is -2.01. The van der Waals surface area contributed by atoms with E-state index in [-0.39, 0.29) is 0 Å². The average Bonchev–Trinajstić information content (AvgIpc) is 2.73. The highest BCUT2D eigenvalue weighted by molar-refractivity contribution is 7.17. The Hall–Kier alpha value is -1.16. The summed E-state index contributed by atoms with van der Waals surface area (Å²) in [6.45, 7) is 0. The topological polar surface area (TPSA) is 34.4 Å². The Balaban J connectivity index is 2.26. The molecule has 0 bridgehead atoms. The molecule has 0 atom stereocenters. The zero-order chi connectivity index (χ0) is 9.54. The molecule has 14 heavy (non-hydrogen) atoms. The number of nitrogens with zero attached hydrogens (tertiary/aromatic N) is 2. The fourth-order valence-corrected chi connectivity index (χ4v) is 3.24. The van der Waals surface area contributed by atoms with Crippen molar-refractivity contribution in [2.45, 2.75) is 25.7 Å². The lowest BCUT2D eigenvalue weighted by Gasteiger charge is -2.09. The first kappa shape index (κ1) is 8.17. The fraction of sp³-hybridized carbons (Fsp3) is 0.400. The molecule has 2 aromatic rings. The van der Waals surface area contributed by atoms with Crippen molar-refractivity contribution in [3.63, 3.8) is 0 Å². The van der Waals surface area contributed by atoms with Crippen LogP contribution in [0.2, 0.25) is 0 Å². The van der Waals surface area contributed by atoms with E-state index in [4.69, 9.17) is 0 Å². The number of hydrogen-bond acceptors (Lipinski definition) is 3. The SMILES string of the molecule is O=Cc1cn2c3c(sc2n1)CCCC3. The van der Waals surface area contributed by atoms with E-state index >= 15 is 0 Å². The van der Waals surface area contributed by atoms with Crippen LogP contribution in [0.25, 0.3) is 4.96 Å². The molecule has 3 nitrogen and oxygen atoms in total. The summed E-state index contributed by atoms with van der Waals surface area (Å²) < 4.78 is 2.09. The molecule has 1 aliphatic carbocycles. The highest BCUT2D eigenvalue weighted by Gasteiger charge is 2.17. The van der Waals surface area contributed by atoms with E-state index in [1.165, 1.54) is 29.8 Å². The van der Waals surface area contributed by atoms with Crippen molar-refractivity contribution >= 4 is 22.6 Å². The van der Waals surface area contributed by atoms with Gasteiger partial charge in [0.2, 0.25) is 0 Å². The second-order valence-electron chi connectivity index (χ2n) is 3.62. The number of fused-ring (bicyclic) bond motifs is 3. The maximum atomic E-state index is 10.6. The van der Waals surface area contributed by atoms with Crippen molar-refractivity contribution in [2.24, 2.45) is 0 Å². The zero-order valence-electron chi connectivity index (χ0n) is 7.69. The van der Waals surface area contributed by atoms with Gasteiger partial charge in [0.1, 0.15) is 5.69 Å². The number of aromatic nitrogens is 2. The molecule has 0 saturated carbocycles. The Morgan fingerprint density at radius 2 is 2.29 bits per heavy atom. The van der Waals surface area contributed by atoms with Crippen LogP contribution in [-0.2, 0) is 12.8 Å². The monoisotopic (exact) mass is 206 g/mol. The minimum Gasteiger partial charge on any atom is -0.296 e. The van der Waals surface area contributed by atoms with Crippen LogP contribution < -0.4 is 0 Å². The summed E-state index contributed by atoms with van der Waals surface area (Å²) in [7, 11) is 0. The molecular formula is C10H10N2OS. The van der Waals surface area contributed by atoms with Crippen molar-refractivity contribution in [3.05, 3.63) is 22.5 Å². The van der Waals surface area contributed by atoms with Gasteiger partial charge in [-0.2, -0.15) is 0 Å². The predicted molar refractivity (Wildman–Crippen MR) is 55.1 cm³/mol. The van der Waals surface area contributed by atoms with E-state index < -0.39 is 0 Å². The molecule has 4 heteroatoms. The third-order valence-corrected chi connectivity index (χ3v) is 3.86. The molecule has 3 rings (SSSR count). The molecule has 0 saturated heterocycles. The molecular weight excluding hydrogens is 196 g/mol. The number of carbonyl (C=O) groups excluding carboxylic acids is 1. The molecule has 72 valence electrons. The molecule has 0 aliphatic heterocycles. The smallest absolute Gasteiger partial charge is 0.194 e. The summed E-state index contributed by atoms with van der Waals surface area (Å²) in [6.07, 6.45) is 7.52. The molecule has 0 unspecified atom stereocenters. The van der Waals surface area contributed by atoms with E-state index in [0.29, 0.717) is 5.69 Å². The van der Waals surface area contributed by atoms with Crippen molar-refractivity contribution in [3.8, 4) is 0 Å². The summed E-state index contributed by atoms with van der Waals surface area (Å²) in [6, 6.07) is 0. The van der Waals surface area contributed by atoms with Crippen LogP contribution in [0.15, 0.2) is 6.20 Å². The predicted octanol–water partition coefficient (Wildman–Crippen LogP) is 2.09. The summed E-state index contributed by atoms with van der Waals surface area (Å²) in [5.74, 6) is 0. The van der Waals surface area contributed by atoms with Crippen molar-refractivity contribution in [1.29, 1.82) is 0 Å². The van der Waals surface area contributed by atoms with Gasteiger partial charge >= 0.3 is 0 Å². The molecule has 1 aliphatic rings. The summed E-state index contributed by atoms with van der Waals surface area (Å²) in [4.78, 5) is 17.2. The van der Waals surface area contributed by atoms with Crippen LogP contribution in [0.5, 0.6) is 0 Å². The summed E-state index contributed by atoms with van der Waals surface area (Å²) >= 11 is 1.73. The Morgan fingerprint density at radius 1 is 1.43 bits per heavy atom. The molecule has 0 fully saturated rings. The quantitative estimate of drug-likeness (QED) is 0.669. The number of thiazole rings is 1.